The van der Waals surface area contributed by atoms with Gasteiger partial charge in [-0.1, -0.05) is 55.8 Å². The van der Waals surface area contributed by atoms with Gasteiger partial charge in [-0.05, 0) is 42.6 Å². The number of piperidine rings is 1. The minimum atomic E-state index is 0.385. The highest BCUT2D eigenvalue weighted by atomic mass is 35.5. The molecule has 0 aliphatic carbocycles. The third-order valence-corrected chi connectivity index (χ3v) is 5.68. The molecule has 0 unspecified atom stereocenters. The van der Waals surface area contributed by atoms with Crippen LogP contribution in [-0.2, 0) is 6.54 Å². The van der Waals surface area contributed by atoms with E-state index >= 15 is 0 Å². The number of nitrogens with one attached hydrogen (secondary N) is 2. The summed E-state index contributed by atoms with van der Waals surface area (Å²) in [7, 11) is 0. The molecule has 8 heteroatoms. The van der Waals surface area contributed by atoms with Gasteiger partial charge in [0.15, 0.2) is 5.11 Å². The largest absolute Gasteiger partial charge is 0.459 e. The summed E-state index contributed by atoms with van der Waals surface area (Å²) in [5.41, 5.74) is 1.04. The molecule has 162 valence electrons. The fraction of sp³-hybridized carbons (Fsp3) is 0.348. The van der Waals surface area contributed by atoms with E-state index in [-0.39, 0.29) is 0 Å². The van der Waals surface area contributed by atoms with Crippen molar-refractivity contribution in [2.75, 3.05) is 23.3 Å². The van der Waals surface area contributed by atoms with E-state index in [0.717, 1.165) is 36.0 Å². The summed E-state index contributed by atoms with van der Waals surface area (Å²) in [4.78, 5) is 11.2. The van der Waals surface area contributed by atoms with E-state index in [1.165, 1.54) is 6.42 Å². The normalized spacial score (nSPS) is 18.6. The van der Waals surface area contributed by atoms with Crippen molar-refractivity contribution in [2.45, 2.75) is 26.8 Å². The number of rotatable bonds is 5. The SMILES string of the molecule is C[C@H]1C[C@H](C)CN(c2cc(Cl)nc(NC(=S)NCc3ccc(-c4ccccc4)o3)n2)C1. The summed E-state index contributed by atoms with van der Waals surface area (Å²) in [6, 6.07) is 15.7. The highest BCUT2D eigenvalue weighted by Crippen LogP contribution is 2.27. The van der Waals surface area contributed by atoms with E-state index in [2.05, 4.69) is 39.3 Å². The predicted molar refractivity (Wildman–Crippen MR) is 129 cm³/mol. The Kier molecular flexibility index (Phi) is 6.73. The Hall–Kier alpha value is -2.64. The van der Waals surface area contributed by atoms with Crippen LogP contribution in [0.3, 0.4) is 0 Å². The third kappa shape index (κ3) is 5.74. The van der Waals surface area contributed by atoms with Crippen LogP contribution in [-0.4, -0.2) is 28.2 Å². The van der Waals surface area contributed by atoms with E-state index in [9.17, 15) is 0 Å². The van der Waals surface area contributed by atoms with Gasteiger partial charge in [0.25, 0.3) is 0 Å². The number of benzene rings is 1. The summed E-state index contributed by atoms with van der Waals surface area (Å²) >= 11 is 11.7. The summed E-state index contributed by atoms with van der Waals surface area (Å²) in [5.74, 6) is 4.05. The van der Waals surface area contributed by atoms with Crippen molar-refractivity contribution in [3.05, 3.63) is 59.4 Å². The molecule has 0 bridgehead atoms. The van der Waals surface area contributed by atoms with Gasteiger partial charge in [-0.15, -0.1) is 0 Å². The molecule has 3 aromatic rings. The first kappa shape index (κ1) is 21.6. The number of thiocarbonyl (C=S) groups is 1. The Morgan fingerprint density at radius 3 is 2.61 bits per heavy atom. The van der Waals surface area contributed by atoms with Crippen LogP contribution in [0.4, 0.5) is 11.8 Å². The second-order valence-corrected chi connectivity index (χ2v) is 8.96. The molecular formula is C23H26ClN5OS. The van der Waals surface area contributed by atoms with Crippen molar-refractivity contribution >= 4 is 40.7 Å². The van der Waals surface area contributed by atoms with E-state index in [4.69, 9.17) is 28.2 Å². The molecular weight excluding hydrogens is 430 g/mol. The molecule has 1 aliphatic rings. The van der Waals surface area contributed by atoms with Gasteiger partial charge in [0.1, 0.15) is 22.5 Å². The number of furan rings is 1. The lowest BCUT2D eigenvalue weighted by atomic mass is 9.92. The number of hydrogen-bond donors (Lipinski definition) is 2. The highest BCUT2D eigenvalue weighted by Gasteiger charge is 2.23. The smallest absolute Gasteiger partial charge is 0.232 e. The van der Waals surface area contributed by atoms with Crippen molar-refractivity contribution < 1.29 is 4.42 Å². The lowest BCUT2D eigenvalue weighted by Gasteiger charge is -2.35. The first-order valence-electron chi connectivity index (χ1n) is 10.4. The molecule has 1 saturated heterocycles. The van der Waals surface area contributed by atoms with E-state index in [0.29, 0.717) is 34.6 Å². The monoisotopic (exact) mass is 455 g/mol. The van der Waals surface area contributed by atoms with Crippen molar-refractivity contribution in [3.63, 3.8) is 0 Å². The summed E-state index contributed by atoms with van der Waals surface area (Å²) in [6.45, 7) is 6.90. The zero-order valence-corrected chi connectivity index (χ0v) is 19.2. The number of halogens is 1. The van der Waals surface area contributed by atoms with Gasteiger partial charge in [0, 0.05) is 24.7 Å². The fourth-order valence-electron chi connectivity index (χ4n) is 4.02. The maximum absolute atomic E-state index is 6.26. The van der Waals surface area contributed by atoms with Crippen LogP contribution >= 0.6 is 23.8 Å². The Morgan fingerprint density at radius 2 is 1.87 bits per heavy atom. The summed E-state index contributed by atoms with van der Waals surface area (Å²) in [5, 5.41) is 6.97. The average Bonchev–Trinajstić information content (AvgIpc) is 3.21. The molecule has 31 heavy (non-hydrogen) atoms. The molecule has 6 nitrogen and oxygen atoms in total. The zero-order valence-electron chi connectivity index (χ0n) is 17.6. The standard InChI is InChI=1S/C23H26ClN5OS/c1-15-10-16(2)14-29(13-15)21-11-20(24)26-22(27-21)28-23(31)25-12-18-8-9-19(30-18)17-6-4-3-5-7-17/h3-9,11,15-16H,10,12-14H2,1-2H3,(H2,25,26,27,28,31)/t15-,16-/m0/s1. The Labute approximate surface area is 193 Å². The van der Waals surface area contributed by atoms with Crippen LogP contribution < -0.4 is 15.5 Å². The number of aromatic nitrogens is 2. The minimum absolute atomic E-state index is 0.385. The van der Waals surface area contributed by atoms with Crippen LogP contribution in [0.1, 0.15) is 26.0 Å². The van der Waals surface area contributed by atoms with Gasteiger partial charge in [0.2, 0.25) is 5.95 Å². The molecule has 0 radical (unpaired) electrons. The second-order valence-electron chi connectivity index (χ2n) is 8.16. The van der Waals surface area contributed by atoms with E-state index in [1.54, 1.807) is 0 Å². The fourth-order valence-corrected chi connectivity index (χ4v) is 4.36. The van der Waals surface area contributed by atoms with Gasteiger partial charge < -0.3 is 20.0 Å². The molecule has 0 spiro atoms. The molecule has 2 aromatic heterocycles. The molecule has 1 aliphatic heterocycles. The molecule has 2 N–H and O–H groups in total. The van der Waals surface area contributed by atoms with Crippen LogP contribution in [0.25, 0.3) is 11.3 Å². The first-order valence-corrected chi connectivity index (χ1v) is 11.2. The summed E-state index contributed by atoms with van der Waals surface area (Å²) < 4.78 is 5.90. The lowest BCUT2D eigenvalue weighted by molar-refractivity contribution is 0.355. The quantitative estimate of drug-likeness (QED) is 0.396. The number of nitrogens with zero attached hydrogens (tertiary/aromatic N) is 3. The molecule has 0 amide bonds. The van der Waals surface area contributed by atoms with Crippen molar-refractivity contribution in [1.29, 1.82) is 0 Å². The number of anilines is 2. The van der Waals surface area contributed by atoms with Gasteiger partial charge in [-0.2, -0.15) is 4.98 Å². The van der Waals surface area contributed by atoms with Crippen LogP contribution in [0.2, 0.25) is 5.15 Å². The lowest BCUT2D eigenvalue weighted by Crippen LogP contribution is -2.39. The molecule has 3 heterocycles. The van der Waals surface area contributed by atoms with Gasteiger partial charge in [-0.25, -0.2) is 4.98 Å². The maximum atomic E-state index is 6.26. The van der Waals surface area contributed by atoms with Crippen LogP contribution in [0.5, 0.6) is 0 Å². The Morgan fingerprint density at radius 1 is 1.13 bits per heavy atom. The van der Waals surface area contributed by atoms with Crippen LogP contribution in [0, 0.1) is 11.8 Å². The first-order chi connectivity index (χ1) is 15.0. The Balaban J connectivity index is 1.36. The van der Waals surface area contributed by atoms with Gasteiger partial charge in [-0.3, -0.25) is 0 Å². The number of hydrogen-bond acceptors (Lipinski definition) is 5. The second kappa shape index (κ2) is 9.66. The van der Waals surface area contributed by atoms with Gasteiger partial charge in [0.05, 0.1) is 6.54 Å². The van der Waals surface area contributed by atoms with Gasteiger partial charge >= 0.3 is 0 Å². The Bertz CT molecular complexity index is 1030. The van der Waals surface area contributed by atoms with Crippen molar-refractivity contribution in [1.82, 2.24) is 15.3 Å². The molecule has 2 atom stereocenters. The van der Waals surface area contributed by atoms with Crippen molar-refractivity contribution in [3.8, 4) is 11.3 Å². The van der Waals surface area contributed by atoms with E-state index in [1.807, 2.05) is 48.5 Å². The van der Waals surface area contributed by atoms with Crippen LogP contribution in [0.15, 0.2) is 52.9 Å². The highest BCUT2D eigenvalue weighted by molar-refractivity contribution is 7.80. The molecule has 1 aromatic carbocycles. The average molecular weight is 456 g/mol. The van der Waals surface area contributed by atoms with E-state index < -0.39 is 0 Å². The topological polar surface area (TPSA) is 66.2 Å². The molecule has 0 saturated carbocycles. The molecule has 1 fully saturated rings. The molecule has 4 rings (SSSR count). The maximum Gasteiger partial charge on any atom is 0.232 e. The third-order valence-electron chi connectivity index (χ3n) is 5.24. The minimum Gasteiger partial charge on any atom is -0.459 e. The zero-order chi connectivity index (χ0) is 21.8. The van der Waals surface area contributed by atoms with Crippen molar-refractivity contribution in [2.24, 2.45) is 11.8 Å². The predicted octanol–water partition coefficient (Wildman–Crippen LogP) is 5.36. The summed E-state index contributed by atoms with van der Waals surface area (Å²) in [6.07, 6.45) is 1.23.